The number of rotatable bonds is 1. The zero-order valence-electron chi connectivity index (χ0n) is 10.3. The number of nitrogens with zero attached hydrogens (tertiary/aromatic N) is 1. The standard InChI is InChI=1S/C16H9BrFNO/c17-16-12(18)5-3-7-14(16)19-13-6-2-1-4-10(13)11-8-20-9-15(11)19/h1-9H. The molecule has 0 fully saturated rings. The van der Waals surface area contributed by atoms with E-state index in [2.05, 4.69) is 15.9 Å². The molecule has 0 N–H and O–H groups in total. The van der Waals surface area contributed by atoms with E-state index >= 15 is 0 Å². The van der Waals surface area contributed by atoms with Crippen molar-refractivity contribution in [2.24, 2.45) is 0 Å². The number of furan rings is 1. The average Bonchev–Trinajstić information content (AvgIpc) is 3.03. The van der Waals surface area contributed by atoms with Gasteiger partial charge in [0.25, 0.3) is 0 Å². The fourth-order valence-corrected chi connectivity index (χ4v) is 3.06. The molecular formula is C16H9BrFNO. The van der Waals surface area contributed by atoms with E-state index < -0.39 is 0 Å². The second-order valence-corrected chi connectivity index (χ2v) is 5.39. The van der Waals surface area contributed by atoms with Gasteiger partial charge in [0.15, 0.2) is 0 Å². The number of fused-ring (bicyclic) bond motifs is 3. The number of aromatic nitrogens is 1. The van der Waals surface area contributed by atoms with E-state index in [0.717, 1.165) is 27.5 Å². The van der Waals surface area contributed by atoms with Crippen molar-refractivity contribution in [2.75, 3.05) is 0 Å². The molecule has 2 heterocycles. The highest BCUT2D eigenvalue weighted by Crippen LogP contribution is 2.35. The highest BCUT2D eigenvalue weighted by atomic mass is 79.9. The zero-order valence-corrected chi connectivity index (χ0v) is 11.9. The summed E-state index contributed by atoms with van der Waals surface area (Å²) in [6, 6.07) is 13.0. The average molecular weight is 330 g/mol. The summed E-state index contributed by atoms with van der Waals surface area (Å²) in [5, 5.41) is 2.11. The molecule has 0 atom stereocenters. The lowest BCUT2D eigenvalue weighted by Gasteiger charge is -2.09. The highest BCUT2D eigenvalue weighted by molar-refractivity contribution is 9.10. The number of hydrogen-bond donors (Lipinski definition) is 0. The summed E-state index contributed by atoms with van der Waals surface area (Å²) in [5.41, 5.74) is 2.72. The van der Waals surface area contributed by atoms with Crippen molar-refractivity contribution in [3.63, 3.8) is 0 Å². The van der Waals surface area contributed by atoms with Gasteiger partial charge >= 0.3 is 0 Å². The summed E-state index contributed by atoms with van der Waals surface area (Å²) in [6.45, 7) is 0. The van der Waals surface area contributed by atoms with Crippen LogP contribution >= 0.6 is 15.9 Å². The lowest BCUT2D eigenvalue weighted by molar-refractivity contribution is 0.571. The van der Waals surface area contributed by atoms with Crippen LogP contribution in [0, 0.1) is 5.82 Å². The molecular weight excluding hydrogens is 321 g/mol. The van der Waals surface area contributed by atoms with Gasteiger partial charge in [0.05, 0.1) is 21.2 Å². The Morgan fingerprint density at radius 1 is 0.900 bits per heavy atom. The van der Waals surface area contributed by atoms with Crippen molar-refractivity contribution in [1.82, 2.24) is 4.57 Å². The molecule has 4 rings (SSSR count). The second kappa shape index (κ2) is 4.21. The molecule has 2 aromatic carbocycles. The topological polar surface area (TPSA) is 18.1 Å². The van der Waals surface area contributed by atoms with Gasteiger partial charge in [-0.1, -0.05) is 24.3 Å². The van der Waals surface area contributed by atoms with Crippen LogP contribution in [0.2, 0.25) is 0 Å². The van der Waals surface area contributed by atoms with E-state index in [1.165, 1.54) is 6.07 Å². The van der Waals surface area contributed by atoms with E-state index in [1.807, 2.05) is 34.9 Å². The molecule has 0 bridgehead atoms. The maximum Gasteiger partial charge on any atom is 0.139 e. The first-order valence-electron chi connectivity index (χ1n) is 6.17. The first-order valence-corrected chi connectivity index (χ1v) is 6.96. The number of para-hydroxylation sites is 1. The van der Waals surface area contributed by atoms with Crippen LogP contribution < -0.4 is 0 Å². The zero-order chi connectivity index (χ0) is 13.7. The SMILES string of the molecule is Fc1cccc(-n2c3ccccc3c3cocc32)c1Br. The Labute approximate surface area is 122 Å². The normalized spacial score (nSPS) is 11.5. The molecule has 0 aliphatic carbocycles. The summed E-state index contributed by atoms with van der Waals surface area (Å²) in [7, 11) is 0. The Morgan fingerprint density at radius 2 is 1.75 bits per heavy atom. The second-order valence-electron chi connectivity index (χ2n) is 4.60. The van der Waals surface area contributed by atoms with Gasteiger partial charge in [-0.25, -0.2) is 4.39 Å². The lowest BCUT2D eigenvalue weighted by atomic mass is 10.2. The Morgan fingerprint density at radius 3 is 2.65 bits per heavy atom. The molecule has 20 heavy (non-hydrogen) atoms. The fourth-order valence-electron chi connectivity index (χ4n) is 2.62. The van der Waals surface area contributed by atoms with Crippen molar-refractivity contribution < 1.29 is 8.81 Å². The van der Waals surface area contributed by atoms with Crippen molar-refractivity contribution in [2.45, 2.75) is 0 Å². The Balaban J connectivity index is 2.21. The Hall–Kier alpha value is -2.07. The maximum absolute atomic E-state index is 13.8. The van der Waals surface area contributed by atoms with Gasteiger partial charge in [-0.05, 0) is 34.1 Å². The third-order valence-corrected chi connectivity index (χ3v) is 4.27. The predicted molar refractivity (Wildman–Crippen MR) is 80.7 cm³/mol. The van der Waals surface area contributed by atoms with E-state index in [1.54, 1.807) is 18.6 Å². The van der Waals surface area contributed by atoms with Crippen LogP contribution in [0.5, 0.6) is 0 Å². The van der Waals surface area contributed by atoms with Gasteiger partial charge in [0, 0.05) is 10.8 Å². The minimum absolute atomic E-state index is 0.281. The molecule has 4 heteroatoms. The smallest absolute Gasteiger partial charge is 0.139 e. The molecule has 0 radical (unpaired) electrons. The van der Waals surface area contributed by atoms with Crippen LogP contribution in [0.25, 0.3) is 27.5 Å². The van der Waals surface area contributed by atoms with Gasteiger partial charge in [-0.15, -0.1) is 0 Å². The summed E-state index contributed by atoms with van der Waals surface area (Å²) in [6.07, 6.45) is 3.41. The molecule has 0 amide bonds. The molecule has 0 aliphatic rings. The van der Waals surface area contributed by atoms with Crippen molar-refractivity contribution in [3.8, 4) is 5.69 Å². The van der Waals surface area contributed by atoms with Crippen molar-refractivity contribution in [1.29, 1.82) is 0 Å². The summed E-state index contributed by atoms with van der Waals surface area (Å²) in [4.78, 5) is 0. The monoisotopic (exact) mass is 329 g/mol. The van der Waals surface area contributed by atoms with Crippen LogP contribution in [0.1, 0.15) is 0 Å². The van der Waals surface area contributed by atoms with Gasteiger partial charge < -0.3 is 8.98 Å². The van der Waals surface area contributed by atoms with Gasteiger partial charge in [-0.2, -0.15) is 0 Å². The molecule has 0 spiro atoms. The molecule has 2 aromatic heterocycles. The molecule has 0 unspecified atom stereocenters. The third-order valence-electron chi connectivity index (χ3n) is 3.49. The molecule has 0 saturated carbocycles. The van der Waals surface area contributed by atoms with Gasteiger partial charge in [-0.3, -0.25) is 0 Å². The minimum Gasteiger partial charge on any atom is -0.470 e. The molecule has 0 saturated heterocycles. The number of hydrogen-bond acceptors (Lipinski definition) is 1. The lowest BCUT2D eigenvalue weighted by Crippen LogP contribution is -1.96. The Bertz CT molecular complexity index is 938. The minimum atomic E-state index is -0.281. The Kier molecular flexibility index (Phi) is 2.47. The summed E-state index contributed by atoms with van der Waals surface area (Å²) >= 11 is 3.33. The number of benzene rings is 2. The van der Waals surface area contributed by atoms with Crippen LogP contribution in [-0.2, 0) is 0 Å². The van der Waals surface area contributed by atoms with E-state index in [0.29, 0.717) is 4.47 Å². The van der Waals surface area contributed by atoms with E-state index in [9.17, 15) is 4.39 Å². The van der Waals surface area contributed by atoms with Gasteiger partial charge in [0.1, 0.15) is 18.3 Å². The van der Waals surface area contributed by atoms with Crippen LogP contribution in [0.4, 0.5) is 4.39 Å². The fraction of sp³-hybridized carbons (Fsp3) is 0. The third kappa shape index (κ3) is 1.48. The van der Waals surface area contributed by atoms with Crippen LogP contribution in [0.15, 0.2) is 63.9 Å². The highest BCUT2D eigenvalue weighted by Gasteiger charge is 2.16. The molecule has 98 valence electrons. The quantitative estimate of drug-likeness (QED) is 0.464. The van der Waals surface area contributed by atoms with Crippen molar-refractivity contribution >= 4 is 37.7 Å². The maximum atomic E-state index is 13.8. The molecule has 0 aliphatic heterocycles. The predicted octanol–water partition coefficient (Wildman–Crippen LogP) is 5.28. The first-order chi connectivity index (χ1) is 9.77. The van der Waals surface area contributed by atoms with Gasteiger partial charge in [0.2, 0.25) is 0 Å². The largest absolute Gasteiger partial charge is 0.470 e. The van der Waals surface area contributed by atoms with Crippen molar-refractivity contribution in [3.05, 3.63) is 65.3 Å². The van der Waals surface area contributed by atoms with E-state index in [4.69, 9.17) is 4.42 Å². The molecule has 4 aromatic rings. The first kappa shape index (κ1) is 11.7. The summed E-state index contributed by atoms with van der Waals surface area (Å²) < 4.78 is 21.6. The van der Waals surface area contributed by atoms with E-state index in [-0.39, 0.29) is 5.82 Å². The molecule has 2 nitrogen and oxygen atoms in total. The summed E-state index contributed by atoms with van der Waals surface area (Å²) in [5.74, 6) is -0.281. The number of halogens is 2. The van der Waals surface area contributed by atoms with Crippen LogP contribution in [-0.4, -0.2) is 4.57 Å². The van der Waals surface area contributed by atoms with Crippen LogP contribution in [0.3, 0.4) is 0 Å².